The van der Waals surface area contributed by atoms with E-state index in [4.69, 9.17) is 16.6 Å². The van der Waals surface area contributed by atoms with E-state index >= 15 is 0 Å². The van der Waals surface area contributed by atoms with Crippen LogP contribution in [0.2, 0.25) is 0 Å². The van der Waals surface area contributed by atoms with Crippen molar-refractivity contribution < 1.29 is 29.1 Å². The summed E-state index contributed by atoms with van der Waals surface area (Å²) >= 11 is 0. The van der Waals surface area contributed by atoms with Gasteiger partial charge in [-0.05, 0) is 32.1 Å². The highest BCUT2D eigenvalue weighted by molar-refractivity contribution is 5.94. The molecule has 0 aromatic rings. The van der Waals surface area contributed by atoms with Crippen LogP contribution in [0.25, 0.3) is 0 Å². The van der Waals surface area contributed by atoms with Crippen molar-refractivity contribution in [2.45, 2.75) is 70.6 Å². The Labute approximate surface area is 169 Å². The lowest BCUT2D eigenvalue weighted by Crippen LogP contribution is -2.56. The van der Waals surface area contributed by atoms with Crippen molar-refractivity contribution in [3.8, 4) is 0 Å². The highest BCUT2D eigenvalue weighted by atomic mass is 16.4. The number of primary amides is 1. The fourth-order valence-electron chi connectivity index (χ4n) is 2.98. The van der Waals surface area contributed by atoms with Crippen LogP contribution in [0.4, 0.5) is 0 Å². The molecule has 0 aromatic heterocycles. The first kappa shape index (κ1) is 24.3. The van der Waals surface area contributed by atoms with Crippen molar-refractivity contribution in [3.63, 3.8) is 0 Å². The van der Waals surface area contributed by atoms with Crippen LogP contribution in [0.5, 0.6) is 0 Å². The maximum Gasteiger partial charge on any atom is 0.325 e. The molecule has 1 aliphatic rings. The Kier molecular flexibility index (Phi) is 9.02. The lowest BCUT2D eigenvalue weighted by atomic mass is 10.0. The van der Waals surface area contributed by atoms with Gasteiger partial charge in [0.25, 0.3) is 0 Å². The molecule has 0 aromatic carbocycles. The third-order valence-electron chi connectivity index (χ3n) is 4.88. The number of nitrogens with two attached hydrogens (primary N) is 2. The Morgan fingerprint density at radius 2 is 1.76 bits per heavy atom. The summed E-state index contributed by atoms with van der Waals surface area (Å²) in [6, 6.07) is -3.86. The molecule has 0 aliphatic carbocycles. The van der Waals surface area contributed by atoms with Gasteiger partial charge in [0.2, 0.25) is 23.6 Å². The van der Waals surface area contributed by atoms with Crippen molar-refractivity contribution in [1.82, 2.24) is 15.5 Å². The monoisotopic (exact) mass is 413 g/mol. The molecular weight excluding hydrogens is 382 g/mol. The fraction of sp³-hybridized carbons (Fsp3) is 0.722. The van der Waals surface area contributed by atoms with E-state index < -0.39 is 47.9 Å². The summed E-state index contributed by atoms with van der Waals surface area (Å²) in [4.78, 5) is 61.2. The van der Waals surface area contributed by atoms with Gasteiger partial charge in [-0.1, -0.05) is 13.8 Å². The number of carbonyl (C=O) groups excluding carboxylic acids is 4. The van der Waals surface area contributed by atoms with E-state index in [2.05, 4.69) is 10.6 Å². The van der Waals surface area contributed by atoms with E-state index in [1.54, 1.807) is 0 Å². The first-order valence-corrected chi connectivity index (χ1v) is 9.63. The van der Waals surface area contributed by atoms with Crippen molar-refractivity contribution in [3.05, 3.63) is 0 Å². The molecule has 11 nitrogen and oxygen atoms in total. The molecule has 1 rings (SSSR count). The number of likely N-dealkylation sites (tertiary alicyclic amines) is 1. The van der Waals surface area contributed by atoms with Crippen LogP contribution >= 0.6 is 0 Å². The van der Waals surface area contributed by atoms with Crippen LogP contribution in [0, 0.1) is 5.92 Å². The van der Waals surface area contributed by atoms with E-state index in [-0.39, 0.29) is 24.7 Å². The summed E-state index contributed by atoms with van der Waals surface area (Å²) in [5.74, 6) is -3.64. The molecule has 0 unspecified atom stereocenters. The van der Waals surface area contributed by atoms with Crippen LogP contribution in [-0.4, -0.2) is 70.3 Å². The predicted octanol–water partition coefficient (Wildman–Crippen LogP) is -1.70. The number of rotatable bonds is 10. The molecule has 1 saturated heterocycles. The zero-order valence-electron chi connectivity index (χ0n) is 17.0. The number of carbonyl (C=O) groups is 5. The van der Waals surface area contributed by atoms with Crippen LogP contribution in [0.3, 0.4) is 0 Å². The molecule has 1 fully saturated rings. The molecule has 7 N–H and O–H groups in total. The molecule has 29 heavy (non-hydrogen) atoms. The number of carboxylic acid groups (broad SMARTS) is 1. The Morgan fingerprint density at radius 1 is 1.14 bits per heavy atom. The molecule has 1 heterocycles. The summed E-state index contributed by atoms with van der Waals surface area (Å²) in [7, 11) is 0. The van der Waals surface area contributed by atoms with Crippen LogP contribution < -0.4 is 22.1 Å². The fourth-order valence-corrected chi connectivity index (χ4v) is 2.98. The highest BCUT2D eigenvalue weighted by Gasteiger charge is 2.38. The quantitative estimate of drug-likeness (QED) is 0.282. The third kappa shape index (κ3) is 7.00. The van der Waals surface area contributed by atoms with Crippen molar-refractivity contribution in [1.29, 1.82) is 0 Å². The van der Waals surface area contributed by atoms with E-state index in [1.165, 1.54) is 11.8 Å². The highest BCUT2D eigenvalue weighted by Crippen LogP contribution is 2.20. The average molecular weight is 413 g/mol. The first-order chi connectivity index (χ1) is 13.5. The Balaban J connectivity index is 2.89. The molecule has 164 valence electrons. The van der Waals surface area contributed by atoms with Crippen molar-refractivity contribution in [2.24, 2.45) is 17.4 Å². The van der Waals surface area contributed by atoms with Crippen LogP contribution in [0.1, 0.15) is 46.5 Å². The predicted molar refractivity (Wildman–Crippen MR) is 103 cm³/mol. The number of hydrogen-bond donors (Lipinski definition) is 5. The van der Waals surface area contributed by atoms with Gasteiger partial charge in [-0.3, -0.25) is 24.0 Å². The number of aliphatic carboxylic acids is 1. The topological polar surface area (TPSA) is 185 Å². The molecule has 0 spiro atoms. The molecule has 0 saturated carbocycles. The summed E-state index contributed by atoms with van der Waals surface area (Å²) in [5.41, 5.74) is 11.0. The zero-order chi connectivity index (χ0) is 22.3. The minimum absolute atomic E-state index is 0.0918. The largest absolute Gasteiger partial charge is 0.480 e. The molecule has 4 atom stereocenters. The van der Waals surface area contributed by atoms with E-state index in [0.29, 0.717) is 19.4 Å². The molecule has 11 heteroatoms. The number of carboxylic acids is 1. The van der Waals surface area contributed by atoms with Gasteiger partial charge in [-0.2, -0.15) is 0 Å². The van der Waals surface area contributed by atoms with E-state index in [0.717, 1.165) is 0 Å². The lowest BCUT2D eigenvalue weighted by Gasteiger charge is -2.29. The lowest BCUT2D eigenvalue weighted by molar-refractivity contribution is -0.143. The third-order valence-corrected chi connectivity index (χ3v) is 4.88. The maximum absolute atomic E-state index is 12.8. The SMILES string of the molecule is CC(C)[C@H](N)C(=O)N1CCC[C@H]1C(=O)N[C@@H](CCC(N)=O)C(=O)N[C@@H](C)C(=O)O. The van der Waals surface area contributed by atoms with Crippen molar-refractivity contribution in [2.75, 3.05) is 6.54 Å². The Morgan fingerprint density at radius 3 is 2.28 bits per heavy atom. The first-order valence-electron chi connectivity index (χ1n) is 9.63. The Hall–Kier alpha value is -2.69. The van der Waals surface area contributed by atoms with Gasteiger partial charge in [0.15, 0.2) is 0 Å². The van der Waals surface area contributed by atoms with E-state index in [1.807, 2.05) is 13.8 Å². The summed E-state index contributed by atoms with van der Waals surface area (Å²) in [5, 5.41) is 13.7. The minimum Gasteiger partial charge on any atom is -0.480 e. The van der Waals surface area contributed by atoms with Crippen LogP contribution in [0.15, 0.2) is 0 Å². The molecular formula is C18H31N5O6. The number of hydrogen-bond acceptors (Lipinski definition) is 6. The number of nitrogens with zero attached hydrogens (tertiary/aromatic N) is 1. The second-order valence-corrected chi connectivity index (χ2v) is 7.59. The van der Waals surface area contributed by atoms with Gasteiger partial charge in [0.1, 0.15) is 18.1 Å². The molecule has 1 aliphatic heterocycles. The standard InChI is InChI=1S/C18H31N5O6/c1-9(2)14(20)17(27)23-8-4-5-12(23)16(26)22-11(6-7-13(19)24)15(25)21-10(3)18(28)29/h9-12,14H,4-8,20H2,1-3H3,(H2,19,24)(H,21,25)(H,22,26)(H,28,29)/t10-,11-,12-,14-/m0/s1. The van der Waals surface area contributed by atoms with Gasteiger partial charge in [0.05, 0.1) is 6.04 Å². The van der Waals surface area contributed by atoms with Gasteiger partial charge >= 0.3 is 5.97 Å². The molecule has 0 bridgehead atoms. The smallest absolute Gasteiger partial charge is 0.325 e. The van der Waals surface area contributed by atoms with Gasteiger partial charge in [0, 0.05) is 13.0 Å². The second-order valence-electron chi connectivity index (χ2n) is 7.59. The summed E-state index contributed by atoms with van der Waals surface area (Å²) in [6.45, 7) is 5.27. The maximum atomic E-state index is 12.8. The molecule has 0 radical (unpaired) electrons. The van der Waals surface area contributed by atoms with Gasteiger partial charge < -0.3 is 32.1 Å². The van der Waals surface area contributed by atoms with Gasteiger partial charge in [-0.15, -0.1) is 0 Å². The summed E-state index contributed by atoms with van der Waals surface area (Å²) < 4.78 is 0. The Bertz CT molecular complexity index is 653. The zero-order valence-corrected chi connectivity index (χ0v) is 17.0. The van der Waals surface area contributed by atoms with Gasteiger partial charge in [-0.25, -0.2) is 0 Å². The number of nitrogens with one attached hydrogen (secondary N) is 2. The molecule has 4 amide bonds. The normalized spacial score (nSPS) is 19.3. The minimum atomic E-state index is -1.24. The average Bonchev–Trinajstić information content (AvgIpc) is 3.12. The second kappa shape index (κ2) is 10.7. The summed E-state index contributed by atoms with van der Waals surface area (Å²) in [6.07, 6.45) is 0.762. The number of amides is 4. The van der Waals surface area contributed by atoms with E-state index in [9.17, 15) is 24.0 Å². The van der Waals surface area contributed by atoms with Crippen LogP contribution in [-0.2, 0) is 24.0 Å². The van der Waals surface area contributed by atoms with Crippen molar-refractivity contribution >= 4 is 29.6 Å².